The normalized spacial score (nSPS) is 19.6. The number of nitrogens with one attached hydrogen (secondary N) is 1. The fourth-order valence-electron chi connectivity index (χ4n) is 3.19. The molecule has 7 heteroatoms. The van der Waals surface area contributed by atoms with Gasteiger partial charge >= 0.3 is 0 Å². The van der Waals surface area contributed by atoms with E-state index >= 15 is 0 Å². The lowest BCUT2D eigenvalue weighted by Crippen LogP contribution is -2.34. The van der Waals surface area contributed by atoms with Gasteiger partial charge in [-0.3, -0.25) is 14.5 Å². The highest BCUT2D eigenvalue weighted by Crippen LogP contribution is 2.33. The third-order valence-electron chi connectivity index (χ3n) is 4.57. The second kappa shape index (κ2) is 9.02. The molecule has 2 fully saturated rings. The molecular formula is C19H21ClN2O2S2. The number of carbonyl (C=O) groups excluding carboxylic acids is 2. The van der Waals surface area contributed by atoms with E-state index < -0.39 is 0 Å². The number of nitrogens with zero attached hydrogens (tertiary/aromatic N) is 1. The summed E-state index contributed by atoms with van der Waals surface area (Å²) in [4.78, 5) is 26.7. The van der Waals surface area contributed by atoms with Crippen LogP contribution in [0.2, 0.25) is 5.02 Å². The first kappa shape index (κ1) is 19.4. The van der Waals surface area contributed by atoms with Gasteiger partial charge in [0.15, 0.2) is 0 Å². The number of halogens is 1. The van der Waals surface area contributed by atoms with Crippen molar-refractivity contribution in [2.75, 3.05) is 6.54 Å². The molecule has 0 aromatic heterocycles. The van der Waals surface area contributed by atoms with Crippen LogP contribution in [0.15, 0.2) is 29.2 Å². The molecule has 1 aliphatic carbocycles. The standard InChI is InChI=1S/C19H21ClN2O2S2/c20-15-9-4-1-6-13(15)12-16-18(24)22(19(25)26-16)11-5-10-17(23)21-14-7-2-3-8-14/h1,4,6,9,12,14H,2-3,5,7-8,10-11H2,(H,21,23). The molecule has 1 aromatic carbocycles. The Morgan fingerprint density at radius 3 is 2.81 bits per heavy atom. The molecular weight excluding hydrogens is 388 g/mol. The Hall–Kier alpha value is -1.37. The van der Waals surface area contributed by atoms with Gasteiger partial charge in [-0.25, -0.2) is 0 Å². The maximum absolute atomic E-state index is 12.6. The first-order valence-corrected chi connectivity index (χ1v) is 10.4. The van der Waals surface area contributed by atoms with Crippen molar-refractivity contribution < 1.29 is 9.59 Å². The summed E-state index contributed by atoms with van der Waals surface area (Å²) in [5, 5.41) is 3.67. The fourth-order valence-corrected chi connectivity index (χ4v) is 4.68. The van der Waals surface area contributed by atoms with Gasteiger partial charge in [-0.05, 0) is 37.0 Å². The zero-order chi connectivity index (χ0) is 18.5. The fraction of sp³-hybridized carbons (Fsp3) is 0.421. The molecule has 0 spiro atoms. The Bertz CT molecular complexity index is 745. The molecule has 1 aliphatic heterocycles. The highest BCUT2D eigenvalue weighted by Gasteiger charge is 2.31. The molecule has 4 nitrogen and oxygen atoms in total. The zero-order valence-corrected chi connectivity index (χ0v) is 16.8. The number of thioether (sulfide) groups is 1. The van der Waals surface area contributed by atoms with E-state index in [2.05, 4.69) is 5.32 Å². The first-order valence-electron chi connectivity index (χ1n) is 8.84. The van der Waals surface area contributed by atoms with E-state index in [-0.39, 0.29) is 11.8 Å². The Balaban J connectivity index is 1.52. The molecule has 2 amide bonds. The number of benzene rings is 1. The molecule has 26 heavy (non-hydrogen) atoms. The Kier molecular flexibility index (Phi) is 6.73. The van der Waals surface area contributed by atoms with Crippen molar-refractivity contribution in [2.45, 2.75) is 44.6 Å². The summed E-state index contributed by atoms with van der Waals surface area (Å²) in [7, 11) is 0. The average Bonchev–Trinajstić information content (AvgIpc) is 3.20. The topological polar surface area (TPSA) is 49.4 Å². The van der Waals surface area contributed by atoms with Crippen LogP contribution in [0.1, 0.15) is 44.1 Å². The van der Waals surface area contributed by atoms with Crippen LogP contribution >= 0.6 is 35.6 Å². The van der Waals surface area contributed by atoms with Gasteiger partial charge in [-0.15, -0.1) is 0 Å². The molecule has 1 saturated carbocycles. The summed E-state index contributed by atoms with van der Waals surface area (Å²) in [6.07, 6.45) is 7.33. The third kappa shape index (κ3) is 4.87. The van der Waals surface area contributed by atoms with Crippen LogP contribution in [0.25, 0.3) is 6.08 Å². The molecule has 0 atom stereocenters. The van der Waals surface area contributed by atoms with Gasteiger partial charge < -0.3 is 5.32 Å². The minimum atomic E-state index is -0.115. The van der Waals surface area contributed by atoms with E-state index in [1.165, 1.54) is 24.6 Å². The number of hydrogen-bond acceptors (Lipinski definition) is 4. The van der Waals surface area contributed by atoms with Gasteiger partial charge in [-0.2, -0.15) is 0 Å². The lowest BCUT2D eigenvalue weighted by Gasteiger charge is -2.15. The molecule has 1 N–H and O–H groups in total. The van der Waals surface area contributed by atoms with Crippen molar-refractivity contribution in [3.8, 4) is 0 Å². The summed E-state index contributed by atoms with van der Waals surface area (Å²) in [6, 6.07) is 7.71. The second-order valence-corrected chi connectivity index (χ2v) is 8.59. The van der Waals surface area contributed by atoms with Gasteiger partial charge in [0.05, 0.1) is 4.91 Å². The molecule has 0 radical (unpaired) electrons. The molecule has 1 saturated heterocycles. The van der Waals surface area contributed by atoms with Crippen molar-refractivity contribution in [1.82, 2.24) is 10.2 Å². The van der Waals surface area contributed by atoms with E-state index in [1.807, 2.05) is 18.2 Å². The zero-order valence-electron chi connectivity index (χ0n) is 14.4. The van der Waals surface area contributed by atoms with Crippen LogP contribution in [0.4, 0.5) is 0 Å². The summed E-state index contributed by atoms with van der Waals surface area (Å²) in [5.41, 5.74) is 0.797. The smallest absolute Gasteiger partial charge is 0.266 e. The van der Waals surface area contributed by atoms with Gasteiger partial charge in [0.2, 0.25) is 5.91 Å². The highest BCUT2D eigenvalue weighted by molar-refractivity contribution is 8.26. The quantitative estimate of drug-likeness (QED) is 0.560. The molecule has 1 aromatic rings. The number of rotatable bonds is 6. The molecule has 2 aliphatic rings. The Morgan fingerprint density at radius 1 is 1.35 bits per heavy atom. The van der Waals surface area contributed by atoms with Crippen molar-refractivity contribution in [1.29, 1.82) is 0 Å². The van der Waals surface area contributed by atoms with Gasteiger partial charge in [0.1, 0.15) is 4.32 Å². The predicted octanol–water partition coefficient (Wildman–Crippen LogP) is 4.38. The van der Waals surface area contributed by atoms with E-state index in [0.29, 0.717) is 39.7 Å². The van der Waals surface area contributed by atoms with Gasteiger partial charge in [-0.1, -0.05) is 66.6 Å². The van der Waals surface area contributed by atoms with Crippen LogP contribution in [0.3, 0.4) is 0 Å². The van der Waals surface area contributed by atoms with E-state index in [4.69, 9.17) is 23.8 Å². The van der Waals surface area contributed by atoms with E-state index in [9.17, 15) is 9.59 Å². The minimum absolute atomic E-state index is 0.0638. The summed E-state index contributed by atoms with van der Waals surface area (Å²) in [6.45, 7) is 0.461. The van der Waals surface area contributed by atoms with Crippen molar-refractivity contribution in [3.63, 3.8) is 0 Å². The summed E-state index contributed by atoms with van der Waals surface area (Å²) in [5.74, 6) is -0.0509. The average molecular weight is 409 g/mol. The van der Waals surface area contributed by atoms with Crippen molar-refractivity contribution in [3.05, 3.63) is 39.8 Å². The SMILES string of the molecule is O=C(CCCN1C(=O)C(=Cc2ccccc2Cl)SC1=S)NC1CCCC1. The number of thiocarbonyl (C=S) groups is 1. The lowest BCUT2D eigenvalue weighted by atomic mass is 10.2. The van der Waals surface area contributed by atoms with Crippen LogP contribution in [-0.2, 0) is 9.59 Å². The summed E-state index contributed by atoms with van der Waals surface area (Å²) >= 11 is 12.8. The Morgan fingerprint density at radius 2 is 2.08 bits per heavy atom. The maximum atomic E-state index is 12.6. The minimum Gasteiger partial charge on any atom is -0.353 e. The van der Waals surface area contributed by atoms with Crippen molar-refractivity contribution >= 4 is 57.8 Å². The van der Waals surface area contributed by atoms with Gasteiger partial charge in [0, 0.05) is 24.0 Å². The number of carbonyl (C=O) groups is 2. The van der Waals surface area contributed by atoms with Crippen LogP contribution in [-0.4, -0.2) is 33.6 Å². The van der Waals surface area contributed by atoms with Crippen LogP contribution in [0, 0.1) is 0 Å². The lowest BCUT2D eigenvalue weighted by molar-refractivity contribution is -0.124. The summed E-state index contributed by atoms with van der Waals surface area (Å²) < 4.78 is 0.532. The van der Waals surface area contributed by atoms with E-state index in [0.717, 1.165) is 18.4 Å². The van der Waals surface area contributed by atoms with Gasteiger partial charge in [0.25, 0.3) is 5.91 Å². The number of amides is 2. The van der Waals surface area contributed by atoms with Crippen molar-refractivity contribution in [2.24, 2.45) is 0 Å². The third-order valence-corrected chi connectivity index (χ3v) is 6.29. The molecule has 138 valence electrons. The molecule has 1 heterocycles. The van der Waals surface area contributed by atoms with Crippen LogP contribution in [0.5, 0.6) is 0 Å². The molecule has 0 bridgehead atoms. The Labute approximate surface area is 168 Å². The number of hydrogen-bond donors (Lipinski definition) is 1. The highest BCUT2D eigenvalue weighted by atomic mass is 35.5. The van der Waals surface area contributed by atoms with E-state index in [1.54, 1.807) is 17.0 Å². The first-order chi connectivity index (χ1) is 12.5. The monoisotopic (exact) mass is 408 g/mol. The molecule has 3 rings (SSSR count). The predicted molar refractivity (Wildman–Crippen MR) is 111 cm³/mol. The second-order valence-electron chi connectivity index (χ2n) is 6.51. The largest absolute Gasteiger partial charge is 0.353 e. The van der Waals surface area contributed by atoms with Crippen LogP contribution < -0.4 is 5.32 Å². The maximum Gasteiger partial charge on any atom is 0.266 e. The molecule has 0 unspecified atom stereocenters.